The van der Waals surface area contributed by atoms with Gasteiger partial charge in [0.2, 0.25) is 0 Å². The highest BCUT2D eigenvalue weighted by atomic mass is 16.5. The van der Waals surface area contributed by atoms with E-state index in [4.69, 9.17) is 15.2 Å². The predicted molar refractivity (Wildman–Crippen MR) is 69.6 cm³/mol. The second kappa shape index (κ2) is 5.44. The van der Waals surface area contributed by atoms with Crippen molar-refractivity contribution < 1.29 is 9.47 Å². The summed E-state index contributed by atoms with van der Waals surface area (Å²) < 4.78 is 12.6. The van der Waals surface area contributed by atoms with Crippen molar-refractivity contribution in [1.82, 2.24) is 9.78 Å². The lowest BCUT2D eigenvalue weighted by atomic mass is 10.3. The number of ether oxygens (including phenoxy) is 2. The van der Waals surface area contributed by atoms with Crippen molar-refractivity contribution in [2.75, 3.05) is 12.8 Å². The van der Waals surface area contributed by atoms with E-state index < -0.39 is 0 Å². The molecule has 5 nitrogen and oxygen atoms in total. The van der Waals surface area contributed by atoms with E-state index in [1.54, 1.807) is 13.3 Å². The first-order valence-corrected chi connectivity index (χ1v) is 5.81. The Hall–Kier alpha value is -2.17. The van der Waals surface area contributed by atoms with Gasteiger partial charge in [0.1, 0.15) is 18.1 Å². The van der Waals surface area contributed by atoms with Gasteiger partial charge in [-0.3, -0.25) is 4.68 Å². The summed E-state index contributed by atoms with van der Waals surface area (Å²) in [6.45, 7) is 3.20. The van der Waals surface area contributed by atoms with Crippen LogP contribution in [0.15, 0.2) is 30.5 Å². The fourth-order valence-electron chi connectivity index (χ4n) is 1.68. The van der Waals surface area contributed by atoms with Gasteiger partial charge in [-0.1, -0.05) is 0 Å². The molecular weight excluding hydrogens is 230 g/mol. The maximum atomic E-state index is 5.84. The van der Waals surface area contributed by atoms with Crippen LogP contribution in [0.2, 0.25) is 0 Å². The molecule has 1 aromatic carbocycles. The Balaban J connectivity index is 2.04. The van der Waals surface area contributed by atoms with Crippen LogP contribution in [0.3, 0.4) is 0 Å². The molecule has 0 aliphatic rings. The number of aryl methyl sites for hydroxylation is 1. The maximum absolute atomic E-state index is 5.84. The molecule has 1 heterocycles. The number of nitrogens with two attached hydrogens (primary N) is 1. The Kier molecular flexibility index (Phi) is 3.72. The van der Waals surface area contributed by atoms with Crippen molar-refractivity contribution in [3.63, 3.8) is 0 Å². The smallest absolute Gasteiger partial charge is 0.132 e. The molecule has 0 aliphatic carbocycles. The number of hydrogen-bond donors (Lipinski definition) is 1. The van der Waals surface area contributed by atoms with Gasteiger partial charge in [0.15, 0.2) is 0 Å². The lowest BCUT2D eigenvalue weighted by molar-refractivity contribution is 0.292. The summed E-state index contributed by atoms with van der Waals surface area (Å²) in [4.78, 5) is 0. The summed E-state index contributed by atoms with van der Waals surface area (Å²) in [5.41, 5.74) is 7.40. The zero-order valence-corrected chi connectivity index (χ0v) is 10.6. The second-order valence-electron chi connectivity index (χ2n) is 3.83. The van der Waals surface area contributed by atoms with E-state index in [1.807, 2.05) is 35.9 Å². The third kappa shape index (κ3) is 2.56. The number of aromatic nitrogens is 2. The topological polar surface area (TPSA) is 62.3 Å². The Morgan fingerprint density at radius 3 is 2.50 bits per heavy atom. The molecule has 0 atom stereocenters. The quantitative estimate of drug-likeness (QED) is 0.878. The molecule has 5 heteroatoms. The molecule has 2 N–H and O–H groups in total. The maximum Gasteiger partial charge on any atom is 0.132 e. The predicted octanol–water partition coefficient (Wildman–Crippen LogP) is 2.07. The van der Waals surface area contributed by atoms with Crippen LogP contribution in [0.4, 0.5) is 5.69 Å². The van der Waals surface area contributed by atoms with Gasteiger partial charge >= 0.3 is 0 Å². The monoisotopic (exact) mass is 247 g/mol. The second-order valence-corrected chi connectivity index (χ2v) is 3.83. The van der Waals surface area contributed by atoms with Crippen LogP contribution < -0.4 is 15.2 Å². The molecule has 0 unspecified atom stereocenters. The van der Waals surface area contributed by atoms with Crippen molar-refractivity contribution in [1.29, 1.82) is 0 Å². The lowest BCUT2D eigenvalue weighted by Gasteiger charge is -2.09. The average Bonchev–Trinajstić information content (AvgIpc) is 2.77. The normalized spacial score (nSPS) is 10.3. The number of rotatable bonds is 5. The van der Waals surface area contributed by atoms with Crippen molar-refractivity contribution in [2.45, 2.75) is 20.1 Å². The zero-order valence-electron chi connectivity index (χ0n) is 10.6. The molecule has 0 saturated heterocycles. The number of benzene rings is 1. The average molecular weight is 247 g/mol. The SMILES string of the molecule is CCn1ncc(N)c1COc1ccc(OC)cc1. The van der Waals surface area contributed by atoms with Crippen LogP contribution in [0.25, 0.3) is 0 Å². The Morgan fingerprint density at radius 2 is 1.89 bits per heavy atom. The molecule has 0 saturated carbocycles. The number of hydrogen-bond acceptors (Lipinski definition) is 4. The van der Waals surface area contributed by atoms with Crippen molar-refractivity contribution in [3.8, 4) is 11.5 Å². The highest BCUT2D eigenvalue weighted by Gasteiger charge is 2.07. The molecular formula is C13H17N3O2. The first kappa shape index (κ1) is 12.3. The van der Waals surface area contributed by atoms with Gasteiger partial charge in [0.05, 0.1) is 24.7 Å². The Labute approximate surface area is 106 Å². The fourth-order valence-corrected chi connectivity index (χ4v) is 1.68. The summed E-state index contributed by atoms with van der Waals surface area (Å²) in [5.74, 6) is 1.58. The van der Waals surface area contributed by atoms with Gasteiger partial charge in [-0.25, -0.2) is 0 Å². The van der Waals surface area contributed by atoms with Gasteiger partial charge in [0.25, 0.3) is 0 Å². The molecule has 0 fully saturated rings. The standard InChI is InChI=1S/C13H17N3O2/c1-3-16-13(12(14)8-15-16)9-18-11-6-4-10(17-2)5-7-11/h4-8H,3,9,14H2,1-2H3. The van der Waals surface area contributed by atoms with Crippen molar-refractivity contribution in [3.05, 3.63) is 36.2 Å². The molecule has 2 aromatic rings. The largest absolute Gasteiger partial charge is 0.497 e. The number of anilines is 1. The highest BCUT2D eigenvalue weighted by molar-refractivity contribution is 5.41. The zero-order chi connectivity index (χ0) is 13.0. The lowest BCUT2D eigenvalue weighted by Crippen LogP contribution is -2.07. The van der Waals surface area contributed by atoms with Gasteiger partial charge in [-0.15, -0.1) is 0 Å². The molecule has 0 bridgehead atoms. The van der Waals surface area contributed by atoms with E-state index in [0.29, 0.717) is 12.3 Å². The number of methoxy groups -OCH3 is 1. The molecule has 2 rings (SSSR count). The Morgan fingerprint density at radius 1 is 1.22 bits per heavy atom. The molecule has 0 spiro atoms. The van der Waals surface area contributed by atoms with Crippen LogP contribution in [-0.4, -0.2) is 16.9 Å². The van der Waals surface area contributed by atoms with Crippen LogP contribution in [0.1, 0.15) is 12.6 Å². The third-order valence-electron chi connectivity index (χ3n) is 2.72. The minimum Gasteiger partial charge on any atom is -0.497 e. The van der Waals surface area contributed by atoms with Crippen LogP contribution >= 0.6 is 0 Å². The number of nitrogen functional groups attached to an aromatic ring is 1. The van der Waals surface area contributed by atoms with E-state index in [1.165, 1.54) is 0 Å². The summed E-state index contributed by atoms with van der Waals surface area (Å²) in [6.07, 6.45) is 1.65. The molecule has 18 heavy (non-hydrogen) atoms. The van der Waals surface area contributed by atoms with Gasteiger partial charge in [0, 0.05) is 6.54 Å². The van der Waals surface area contributed by atoms with Gasteiger partial charge in [-0.2, -0.15) is 5.10 Å². The minimum absolute atomic E-state index is 0.409. The van der Waals surface area contributed by atoms with E-state index in [9.17, 15) is 0 Å². The third-order valence-corrected chi connectivity index (χ3v) is 2.72. The summed E-state index contributed by atoms with van der Waals surface area (Å²) >= 11 is 0. The molecule has 0 radical (unpaired) electrons. The summed E-state index contributed by atoms with van der Waals surface area (Å²) in [6, 6.07) is 7.44. The van der Waals surface area contributed by atoms with E-state index in [0.717, 1.165) is 23.7 Å². The summed E-state index contributed by atoms with van der Waals surface area (Å²) in [7, 11) is 1.64. The highest BCUT2D eigenvalue weighted by Crippen LogP contribution is 2.19. The first-order chi connectivity index (χ1) is 8.74. The van der Waals surface area contributed by atoms with E-state index in [2.05, 4.69) is 5.10 Å². The first-order valence-electron chi connectivity index (χ1n) is 5.81. The van der Waals surface area contributed by atoms with Crippen LogP contribution in [0, 0.1) is 0 Å². The van der Waals surface area contributed by atoms with Crippen LogP contribution in [-0.2, 0) is 13.2 Å². The van der Waals surface area contributed by atoms with Gasteiger partial charge in [-0.05, 0) is 31.2 Å². The summed E-state index contributed by atoms with van der Waals surface area (Å²) in [5, 5.41) is 4.17. The molecule has 96 valence electrons. The van der Waals surface area contributed by atoms with E-state index in [-0.39, 0.29) is 0 Å². The molecule has 1 aromatic heterocycles. The fraction of sp³-hybridized carbons (Fsp3) is 0.308. The van der Waals surface area contributed by atoms with Crippen molar-refractivity contribution >= 4 is 5.69 Å². The van der Waals surface area contributed by atoms with Crippen molar-refractivity contribution in [2.24, 2.45) is 0 Å². The molecule has 0 amide bonds. The minimum atomic E-state index is 0.409. The Bertz CT molecular complexity index is 505. The van der Waals surface area contributed by atoms with E-state index >= 15 is 0 Å². The molecule has 0 aliphatic heterocycles. The van der Waals surface area contributed by atoms with Crippen LogP contribution in [0.5, 0.6) is 11.5 Å². The van der Waals surface area contributed by atoms with Gasteiger partial charge < -0.3 is 15.2 Å². The number of nitrogens with zero attached hydrogens (tertiary/aromatic N) is 2.